The predicted octanol–water partition coefficient (Wildman–Crippen LogP) is 0.459. The summed E-state index contributed by atoms with van der Waals surface area (Å²) >= 11 is 0. The highest BCUT2D eigenvalue weighted by molar-refractivity contribution is 5.94. The van der Waals surface area contributed by atoms with E-state index in [-0.39, 0.29) is 11.4 Å². The van der Waals surface area contributed by atoms with Crippen molar-refractivity contribution in [3.63, 3.8) is 0 Å². The molecule has 0 aliphatic rings. The van der Waals surface area contributed by atoms with Crippen molar-refractivity contribution >= 4 is 11.7 Å². The SMILES string of the molecule is COC(=O)c1nccc(OC)c1N. The van der Waals surface area contributed by atoms with Crippen molar-refractivity contribution in [2.24, 2.45) is 0 Å². The Labute approximate surface area is 75.5 Å². The zero-order valence-electron chi connectivity index (χ0n) is 7.40. The molecule has 13 heavy (non-hydrogen) atoms. The van der Waals surface area contributed by atoms with Gasteiger partial charge in [-0.3, -0.25) is 0 Å². The summed E-state index contributed by atoms with van der Waals surface area (Å²) in [6.45, 7) is 0. The highest BCUT2D eigenvalue weighted by Gasteiger charge is 2.14. The largest absolute Gasteiger partial charge is 0.494 e. The minimum Gasteiger partial charge on any atom is -0.494 e. The number of hydrogen-bond donors (Lipinski definition) is 1. The molecule has 0 atom stereocenters. The van der Waals surface area contributed by atoms with Crippen LogP contribution in [-0.2, 0) is 4.74 Å². The van der Waals surface area contributed by atoms with Gasteiger partial charge in [-0.05, 0) is 0 Å². The number of methoxy groups -OCH3 is 2. The van der Waals surface area contributed by atoms with Gasteiger partial charge >= 0.3 is 5.97 Å². The Bertz CT molecular complexity index is 325. The van der Waals surface area contributed by atoms with Gasteiger partial charge in [0.1, 0.15) is 11.4 Å². The van der Waals surface area contributed by atoms with Crippen LogP contribution in [0.5, 0.6) is 5.75 Å². The molecule has 1 aromatic heterocycles. The van der Waals surface area contributed by atoms with E-state index < -0.39 is 5.97 Å². The van der Waals surface area contributed by atoms with Crippen LogP contribution in [0.15, 0.2) is 12.3 Å². The van der Waals surface area contributed by atoms with Crippen molar-refractivity contribution in [3.05, 3.63) is 18.0 Å². The lowest BCUT2D eigenvalue weighted by Crippen LogP contribution is -2.09. The zero-order valence-corrected chi connectivity index (χ0v) is 7.40. The van der Waals surface area contributed by atoms with Crippen LogP contribution in [-0.4, -0.2) is 25.2 Å². The molecule has 0 bridgehead atoms. The van der Waals surface area contributed by atoms with Crippen LogP contribution in [0.3, 0.4) is 0 Å². The quantitative estimate of drug-likeness (QED) is 0.672. The molecule has 5 heteroatoms. The highest BCUT2D eigenvalue weighted by Crippen LogP contribution is 2.22. The van der Waals surface area contributed by atoms with Crippen molar-refractivity contribution in [1.82, 2.24) is 4.98 Å². The molecule has 70 valence electrons. The van der Waals surface area contributed by atoms with E-state index in [2.05, 4.69) is 9.72 Å². The third kappa shape index (κ3) is 1.69. The topological polar surface area (TPSA) is 74.4 Å². The average Bonchev–Trinajstić information content (AvgIpc) is 2.17. The molecule has 1 heterocycles. The van der Waals surface area contributed by atoms with E-state index in [1.807, 2.05) is 0 Å². The molecule has 2 N–H and O–H groups in total. The summed E-state index contributed by atoms with van der Waals surface area (Å²) in [5.41, 5.74) is 5.84. The smallest absolute Gasteiger partial charge is 0.358 e. The standard InChI is InChI=1S/C8H10N2O3/c1-12-5-3-4-10-7(6(5)9)8(11)13-2/h3-4H,9H2,1-2H3. The minimum atomic E-state index is -0.573. The Kier molecular flexibility index (Phi) is 2.69. The van der Waals surface area contributed by atoms with E-state index in [0.717, 1.165) is 0 Å². The number of nitrogens with zero attached hydrogens (tertiary/aromatic N) is 1. The second-order valence-corrected chi connectivity index (χ2v) is 2.27. The summed E-state index contributed by atoms with van der Waals surface area (Å²) < 4.78 is 9.39. The lowest BCUT2D eigenvalue weighted by molar-refractivity contribution is 0.0595. The van der Waals surface area contributed by atoms with Crippen molar-refractivity contribution in [3.8, 4) is 5.75 Å². The molecule has 5 nitrogen and oxygen atoms in total. The lowest BCUT2D eigenvalue weighted by Gasteiger charge is -2.06. The number of carbonyl (C=O) groups is 1. The van der Waals surface area contributed by atoms with Gasteiger partial charge in [-0.25, -0.2) is 9.78 Å². The number of nitrogens with two attached hydrogens (primary N) is 1. The van der Waals surface area contributed by atoms with Gasteiger partial charge in [-0.15, -0.1) is 0 Å². The molecule has 0 aliphatic carbocycles. The Morgan fingerprint density at radius 3 is 2.77 bits per heavy atom. The van der Waals surface area contributed by atoms with E-state index in [4.69, 9.17) is 10.5 Å². The first-order valence-corrected chi connectivity index (χ1v) is 3.57. The molecular weight excluding hydrogens is 172 g/mol. The molecule has 0 amide bonds. The number of esters is 1. The van der Waals surface area contributed by atoms with Gasteiger partial charge in [0.15, 0.2) is 5.69 Å². The van der Waals surface area contributed by atoms with Crippen LogP contribution >= 0.6 is 0 Å². The minimum absolute atomic E-state index is 0.0712. The first kappa shape index (κ1) is 9.31. The number of hydrogen-bond acceptors (Lipinski definition) is 5. The molecule has 1 rings (SSSR count). The van der Waals surface area contributed by atoms with Crippen LogP contribution in [0.2, 0.25) is 0 Å². The summed E-state index contributed by atoms with van der Waals surface area (Å²) in [5, 5.41) is 0. The maximum absolute atomic E-state index is 11.1. The third-order valence-corrected chi connectivity index (χ3v) is 1.55. The number of aromatic nitrogens is 1. The Balaban J connectivity index is 3.15. The maximum atomic E-state index is 11.1. The molecule has 1 aromatic rings. The zero-order chi connectivity index (χ0) is 9.84. The first-order chi connectivity index (χ1) is 6.20. The van der Waals surface area contributed by atoms with E-state index in [1.54, 1.807) is 6.07 Å². The fraction of sp³-hybridized carbons (Fsp3) is 0.250. The maximum Gasteiger partial charge on any atom is 0.358 e. The van der Waals surface area contributed by atoms with Gasteiger partial charge in [-0.1, -0.05) is 0 Å². The Hall–Kier alpha value is -1.78. The van der Waals surface area contributed by atoms with Crippen LogP contribution in [0.4, 0.5) is 5.69 Å². The number of rotatable bonds is 2. The molecule has 0 aromatic carbocycles. The van der Waals surface area contributed by atoms with Gasteiger partial charge < -0.3 is 15.2 Å². The Morgan fingerprint density at radius 1 is 1.54 bits per heavy atom. The normalized spacial score (nSPS) is 9.38. The number of anilines is 1. The number of nitrogen functional groups attached to an aromatic ring is 1. The summed E-state index contributed by atoms with van der Waals surface area (Å²) in [7, 11) is 2.73. The van der Waals surface area contributed by atoms with Crippen LogP contribution in [0.1, 0.15) is 10.5 Å². The summed E-state index contributed by atoms with van der Waals surface area (Å²) in [4.78, 5) is 14.9. The van der Waals surface area contributed by atoms with Gasteiger partial charge in [0.2, 0.25) is 0 Å². The van der Waals surface area contributed by atoms with Crippen LogP contribution in [0, 0.1) is 0 Å². The van der Waals surface area contributed by atoms with E-state index in [9.17, 15) is 4.79 Å². The molecule has 0 unspecified atom stereocenters. The van der Waals surface area contributed by atoms with Crippen LogP contribution < -0.4 is 10.5 Å². The molecule has 0 spiro atoms. The van der Waals surface area contributed by atoms with Gasteiger partial charge in [0, 0.05) is 12.3 Å². The van der Waals surface area contributed by atoms with Gasteiger partial charge in [-0.2, -0.15) is 0 Å². The van der Waals surface area contributed by atoms with E-state index in [1.165, 1.54) is 20.4 Å². The van der Waals surface area contributed by atoms with Gasteiger partial charge in [0.25, 0.3) is 0 Å². The number of carbonyl (C=O) groups excluding carboxylic acids is 1. The monoisotopic (exact) mass is 182 g/mol. The fourth-order valence-electron chi connectivity index (χ4n) is 0.893. The van der Waals surface area contributed by atoms with Gasteiger partial charge in [0.05, 0.1) is 14.2 Å². The van der Waals surface area contributed by atoms with E-state index in [0.29, 0.717) is 5.75 Å². The second kappa shape index (κ2) is 3.75. The number of ether oxygens (including phenoxy) is 2. The highest BCUT2D eigenvalue weighted by atomic mass is 16.5. The molecule has 0 saturated carbocycles. The van der Waals surface area contributed by atoms with Crippen molar-refractivity contribution in [1.29, 1.82) is 0 Å². The molecule has 0 saturated heterocycles. The third-order valence-electron chi connectivity index (χ3n) is 1.55. The summed E-state index contributed by atoms with van der Waals surface area (Å²) in [6.07, 6.45) is 1.43. The molecule has 0 aliphatic heterocycles. The van der Waals surface area contributed by atoms with Crippen molar-refractivity contribution in [2.75, 3.05) is 20.0 Å². The molecule has 0 radical (unpaired) electrons. The Morgan fingerprint density at radius 2 is 2.23 bits per heavy atom. The summed E-state index contributed by atoms with van der Waals surface area (Å²) in [5.74, 6) is -0.160. The fourth-order valence-corrected chi connectivity index (χ4v) is 0.893. The molecule has 0 fully saturated rings. The number of pyridine rings is 1. The van der Waals surface area contributed by atoms with Crippen molar-refractivity contribution < 1.29 is 14.3 Å². The lowest BCUT2D eigenvalue weighted by atomic mass is 10.3. The summed E-state index contributed by atoms with van der Waals surface area (Å²) in [6, 6.07) is 1.57. The average molecular weight is 182 g/mol. The second-order valence-electron chi connectivity index (χ2n) is 2.27. The van der Waals surface area contributed by atoms with Crippen molar-refractivity contribution in [2.45, 2.75) is 0 Å². The van der Waals surface area contributed by atoms with E-state index >= 15 is 0 Å². The van der Waals surface area contributed by atoms with Crippen LogP contribution in [0.25, 0.3) is 0 Å². The predicted molar refractivity (Wildman–Crippen MR) is 46.5 cm³/mol. The first-order valence-electron chi connectivity index (χ1n) is 3.57. The molecular formula is C8H10N2O3.